The van der Waals surface area contributed by atoms with E-state index in [1.165, 1.54) is 0 Å². The Kier molecular flexibility index (Phi) is 2.19. The van der Waals surface area contributed by atoms with Crippen molar-refractivity contribution in [2.24, 2.45) is 0 Å². The summed E-state index contributed by atoms with van der Waals surface area (Å²) >= 11 is 0. The van der Waals surface area contributed by atoms with Gasteiger partial charge >= 0.3 is 5.97 Å². The van der Waals surface area contributed by atoms with Gasteiger partial charge in [-0.3, -0.25) is 9.59 Å². The zero-order valence-electron chi connectivity index (χ0n) is 8.36. The number of aliphatic carboxylic acids is 1. The number of hydrogen-bond donors (Lipinski definition) is 1. The van der Waals surface area contributed by atoms with Gasteiger partial charge in [-0.2, -0.15) is 0 Å². The first-order valence-electron chi connectivity index (χ1n) is 4.67. The monoisotopic (exact) mass is 205 g/mol. The van der Waals surface area contributed by atoms with Crippen molar-refractivity contribution in [2.45, 2.75) is 13.0 Å². The molecule has 1 aromatic rings. The van der Waals surface area contributed by atoms with Gasteiger partial charge in [-0.1, -0.05) is 12.1 Å². The second-order valence-corrected chi connectivity index (χ2v) is 3.72. The number of hydrogen-bond acceptors (Lipinski definition) is 2. The average molecular weight is 205 g/mol. The lowest BCUT2D eigenvalue weighted by atomic mass is 10.0. The number of carboxylic acids is 1. The number of carbonyl (C=O) groups excluding carboxylic acids is 1. The second kappa shape index (κ2) is 3.38. The van der Waals surface area contributed by atoms with E-state index in [9.17, 15) is 9.59 Å². The number of benzene rings is 1. The predicted octanol–water partition coefficient (Wildman–Crippen LogP) is 0.899. The molecule has 1 aromatic carbocycles. The molecule has 4 nitrogen and oxygen atoms in total. The molecule has 0 fully saturated rings. The Balaban J connectivity index is 2.33. The molecular weight excluding hydrogens is 194 g/mol. The van der Waals surface area contributed by atoms with E-state index in [1.54, 1.807) is 30.1 Å². The maximum absolute atomic E-state index is 11.5. The molecular formula is C11H11NO3. The minimum atomic E-state index is -0.854. The third kappa shape index (κ3) is 1.70. The van der Waals surface area contributed by atoms with Crippen molar-refractivity contribution >= 4 is 11.9 Å². The molecule has 0 spiro atoms. The van der Waals surface area contributed by atoms with Gasteiger partial charge in [-0.25, -0.2) is 0 Å². The van der Waals surface area contributed by atoms with Crippen molar-refractivity contribution in [1.82, 2.24) is 4.90 Å². The molecule has 15 heavy (non-hydrogen) atoms. The lowest BCUT2D eigenvalue weighted by Gasteiger charge is -2.04. The summed E-state index contributed by atoms with van der Waals surface area (Å²) in [4.78, 5) is 23.7. The molecule has 0 aliphatic carbocycles. The van der Waals surface area contributed by atoms with E-state index in [1.807, 2.05) is 0 Å². The number of nitrogens with zero attached hydrogens (tertiary/aromatic N) is 1. The van der Waals surface area contributed by atoms with E-state index in [0.29, 0.717) is 12.1 Å². The molecule has 0 aromatic heterocycles. The molecule has 1 amide bonds. The van der Waals surface area contributed by atoms with Crippen LogP contribution < -0.4 is 0 Å². The molecule has 0 saturated heterocycles. The summed E-state index contributed by atoms with van der Waals surface area (Å²) in [6, 6.07) is 5.20. The highest BCUT2D eigenvalue weighted by molar-refractivity contribution is 5.98. The van der Waals surface area contributed by atoms with Crippen molar-refractivity contribution in [1.29, 1.82) is 0 Å². The van der Waals surface area contributed by atoms with Gasteiger partial charge in [0.05, 0.1) is 6.42 Å². The first-order valence-corrected chi connectivity index (χ1v) is 4.67. The topological polar surface area (TPSA) is 57.6 Å². The molecule has 1 N–H and O–H groups in total. The molecule has 0 unspecified atom stereocenters. The van der Waals surface area contributed by atoms with Gasteiger partial charge < -0.3 is 10.0 Å². The van der Waals surface area contributed by atoms with Crippen molar-refractivity contribution in [3.05, 3.63) is 34.9 Å². The molecule has 78 valence electrons. The van der Waals surface area contributed by atoms with E-state index in [2.05, 4.69) is 0 Å². The minimum absolute atomic E-state index is 0.00514. The summed E-state index contributed by atoms with van der Waals surface area (Å²) in [7, 11) is 1.74. The Labute approximate surface area is 87.1 Å². The number of fused-ring (bicyclic) bond motifs is 1. The zero-order valence-corrected chi connectivity index (χ0v) is 8.36. The normalized spacial score (nSPS) is 14.2. The van der Waals surface area contributed by atoms with Crippen LogP contribution in [0.15, 0.2) is 18.2 Å². The van der Waals surface area contributed by atoms with Gasteiger partial charge in [0.1, 0.15) is 0 Å². The number of carbonyl (C=O) groups is 2. The van der Waals surface area contributed by atoms with Crippen molar-refractivity contribution in [3.8, 4) is 0 Å². The highest BCUT2D eigenvalue weighted by atomic mass is 16.4. The van der Waals surface area contributed by atoms with Crippen molar-refractivity contribution < 1.29 is 14.7 Å². The summed E-state index contributed by atoms with van der Waals surface area (Å²) < 4.78 is 0. The summed E-state index contributed by atoms with van der Waals surface area (Å²) in [5, 5.41) is 8.64. The molecule has 1 heterocycles. The molecule has 1 aliphatic heterocycles. The Morgan fingerprint density at radius 2 is 2.27 bits per heavy atom. The second-order valence-electron chi connectivity index (χ2n) is 3.72. The standard InChI is InChI=1S/C11H11NO3/c1-12-6-8-4-7(5-10(13)14)2-3-9(8)11(12)15/h2-4H,5-6H2,1H3,(H,13,14). The molecule has 0 radical (unpaired) electrons. The molecule has 2 rings (SSSR count). The minimum Gasteiger partial charge on any atom is -0.481 e. The third-order valence-corrected chi connectivity index (χ3v) is 2.51. The fourth-order valence-corrected chi connectivity index (χ4v) is 1.80. The first-order chi connectivity index (χ1) is 7.08. The highest BCUT2D eigenvalue weighted by Gasteiger charge is 2.24. The van der Waals surface area contributed by atoms with Crippen LogP contribution in [-0.2, 0) is 17.8 Å². The van der Waals surface area contributed by atoms with Crippen LogP contribution in [0.25, 0.3) is 0 Å². The smallest absolute Gasteiger partial charge is 0.307 e. The Morgan fingerprint density at radius 3 is 2.93 bits per heavy atom. The largest absolute Gasteiger partial charge is 0.481 e. The summed E-state index contributed by atoms with van der Waals surface area (Å²) in [6.07, 6.45) is 0.00514. The van der Waals surface area contributed by atoms with E-state index in [0.717, 1.165) is 11.1 Å². The van der Waals surface area contributed by atoms with Gasteiger partial charge in [0.2, 0.25) is 0 Å². The number of amides is 1. The predicted molar refractivity (Wildman–Crippen MR) is 53.6 cm³/mol. The molecule has 0 saturated carbocycles. The van der Waals surface area contributed by atoms with Crippen LogP contribution >= 0.6 is 0 Å². The molecule has 4 heteroatoms. The first kappa shape index (κ1) is 9.71. The van der Waals surface area contributed by atoms with Gasteiger partial charge in [0.15, 0.2) is 0 Å². The van der Waals surface area contributed by atoms with E-state index < -0.39 is 5.97 Å². The van der Waals surface area contributed by atoms with Crippen LogP contribution in [0.3, 0.4) is 0 Å². The number of carboxylic acid groups (broad SMARTS) is 1. The fourth-order valence-electron chi connectivity index (χ4n) is 1.80. The lowest BCUT2D eigenvalue weighted by Crippen LogP contribution is -2.17. The Bertz CT molecular complexity index is 439. The quantitative estimate of drug-likeness (QED) is 0.780. The van der Waals surface area contributed by atoms with Crippen LogP contribution in [0.1, 0.15) is 21.5 Å². The Morgan fingerprint density at radius 1 is 1.53 bits per heavy atom. The van der Waals surface area contributed by atoms with Crippen molar-refractivity contribution in [2.75, 3.05) is 7.05 Å². The summed E-state index contributed by atoms with van der Waals surface area (Å²) in [6.45, 7) is 0.571. The van der Waals surface area contributed by atoms with Gasteiger partial charge in [-0.05, 0) is 17.2 Å². The van der Waals surface area contributed by atoms with E-state index >= 15 is 0 Å². The Hall–Kier alpha value is -1.84. The third-order valence-electron chi connectivity index (χ3n) is 2.51. The maximum Gasteiger partial charge on any atom is 0.307 e. The van der Waals surface area contributed by atoms with E-state index in [-0.39, 0.29) is 12.3 Å². The van der Waals surface area contributed by atoms with Gasteiger partial charge in [0.25, 0.3) is 5.91 Å². The summed E-state index contributed by atoms with van der Waals surface area (Å²) in [5.74, 6) is -0.848. The lowest BCUT2D eigenvalue weighted by molar-refractivity contribution is -0.136. The van der Waals surface area contributed by atoms with Gasteiger partial charge in [0, 0.05) is 19.2 Å². The number of rotatable bonds is 2. The van der Waals surface area contributed by atoms with Crippen LogP contribution in [0.2, 0.25) is 0 Å². The fraction of sp³-hybridized carbons (Fsp3) is 0.273. The van der Waals surface area contributed by atoms with Crippen LogP contribution in [0.4, 0.5) is 0 Å². The van der Waals surface area contributed by atoms with Crippen LogP contribution in [0.5, 0.6) is 0 Å². The SMILES string of the molecule is CN1Cc2cc(CC(=O)O)ccc2C1=O. The van der Waals surface area contributed by atoms with Gasteiger partial charge in [-0.15, -0.1) is 0 Å². The highest BCUT2D eigenvalue weighted by Crippen LogP contribution is 2.22. The maximum atomic E-state index is 11.5. The summed E-state index contributed by atoms with van der Waals surface area (Å²) in [5.41, 5.74) is 2.34. The van der Waals surface area contributed by atoms with Crippen molar-refractivity contribution in [3.63, 3.8) is 0 Å². The average Bonchev–Trinajstić information content (AvgIpc) is 2.41. The van der Waals surface area contributed by atoms with Crippen LogP contribution in [-0.4, -0.2) is 28.9 Å². The van der Waals surface area contributed by atoms with Crippen LogP contribution in [0, 0.1) is 0 Å². The molecule has 0 atom stereocenters. The molecule has 1 aliphatic rings. The van der Waals surface area contributed by atoms with E-state index in [4.69, 9.17) is 5.11 Å². The molecule has 0 bridgehead atoms. The zero-order chi connectivity index (χ0) is 11.0.